The minimum Gasteiger partial charge on any atom is -0.508 e. The average molecular weight is 208 g/mol. The lowest BCUT2D eigenvalue weighted by atomic mass is 10.1. The molecule has 0 aliphatic heterocycles. The smallest absolute Gasteiger partial charge is 0.127 e. The molecule has 0 saturated carbocycles. The Kier molecular flexibility index (Phi) is 3.64. The first-order valence-electron chi connectivity index (χ1n) is 4.68. The van der Waals surface area contributed by atoms with Gasteiger partial charge in [0.15, 0.2) is 0 Å². The molecule has 4 heteroatoms. The van der Waals surface area contributed by atoms with E-state index in [0.29, 0.717) is 5.56 Å². The molecule has 80 valence electrons. The molecule has 0 aliphatic rings. The minimum atomic E-state index is -0.605. The fourth-order valence-corrected chi connectivity index (χ4v) is 1.30. The van der Waals surface area contributed by atoms with Gasteiger partial charge in [-0.3, -0.25) is 5.32 Å². The van der Waals surface area contributed by atoms with Crippen LogP contribution in [0.5, 0.6) is 5.75 Å². The molecule has 0 amide bonds. The van der Waals surface area contributed by atoms with Crippen LogP contribution in [0, 0.1) is 17.1 Å². The molecule has 1 unspecified atom stereocenters. The van der Waals surface area contributed by atoms with Crippen molar-refractivity contribution in [2.24, 2.45) is 0 Å². The topological polar surface area (TPSA) is 56.0 Å². The monoisotopic (exact) mass is 208 g/mol. The summed E-state index contributed by atoms with van der Waals surface area (Å²) in [6.45, 7) is 3.78. The van der Waals surface area contributed by atoms with Crippen LogP contribution in [0.4, 0.5) is 4.39 Å². The predicted octanol–water partition coefficient (Wildman–Crippen LogP) is 2.09. The highest BCUT2D eigenvalue weighted by molar-refractivity contribution is 5.33. The molecule has 1 rings (SSSR count). The predicted molar refractivity (Wildman–Crippen MR) is 54.7 cm³/mol. The van der Waals surface area contributed by atoms with E-state index in [-0.39, 0.29) is 11.8 Å². The number of nitriles is 1. The molecular weight excluding hydrogens is 195 g/mol. The summed E-state index contributed by atoms with van der Waals surface area (Å²) < 4.78 is 13.0. The van der Waals surface area contributed by atoms with Gasteiger partial charge in [0.1, 0.15) is 17.6 Å². The van der Waals surface area contributed by atoms with Gasteiger partial charge in [0.2, 0.25) is 0 Å². The Balaban J connectivity index is 2.97. The SMILES string of the molecule is CC(C)NC(C#N)c1cc(O)cc(F)c1. The maximum Gasteiger partial charge on any atom is 0.127 e. The van der Waals surface area contributed by atoms with Crippen molar-refractivity contribution in [3.05, 3.63) is 29.6 Å². The van der Waals surface area contributed by atoms with Crippen molar-refractivity contribution in [1.29, 1.82) is 5.26 Å². The van der Waals surface area contributed by atoms with Gasteiger partial charge in [-0.15, -0.1) is 0 Å². The first kappa shape index (κ1) is 11.5. The van der Waals surface area contributed by atoms with E-state index < -0.39 is 11.9 Å². The van der Waals surface area contributed by atoms with E-state index >= 15 is 0 Å². The van der Waals surface area contributed by atoms with E-state index in [1.165, 1.54) is 12.1 Å². The summed E-state index contributed by atoms with van der Waals surface area (Å²) in [5.41, 5.74) is 0.434. The molecule has 0 aliphatic carbocycles. The van der Waals surface area contributed by atoms with Gasteiger partial charge in [0, 0.05) is 12.1 Å². The van der Waals surface area contributed by atoms with Gasteiger partial charge in [-0.05, 0) is 31.5 Å². The molecule has 0 fully saturated rings. The van der Waals surface area contributed by atoms with Crippen molar-refractivity contribution < 1.29 is 9.50 Å². The lowest BCUT2D eigenvalue weighted by molar-refractivity contribution is 0.465. The Morgan fingerprint density at radius 1 is 1.40 bits per heavy atom. The number of rotatable bonds is 3. The highest BCUT2D eigenvalue weighted by atomic mass is 19.1. The Morgan fingerprint density at radius 2 is 2.07 bits per heavy atom. The fourth-order valence-electron chi connectivity index (χ4n) is 1.30. The zero-order chi connectivity index (χ0) is 11.4. The Hall–Kier alpha value is -1.60. The van der Waals surface area contributed by atoms with Gasteiger partial charge in [-0.2, -0.15) is 5.26 Å². The summed E-state index contributed by atoms with van der Waals surface area (Å²) in [6, 6.07) is 5.15. The molecule has 0 heterocycles. The Morgan fingerprint density at radius 3 is 2.53 bits per heavy atom. The normalized spacial score (nSPS) is 12.5. The molecule has 1 atom stereocenters. The van der Waals surface area contributed by atoms with Crippen LogP contribution in [0.15, 0.2) is 18.2 Å². The van der Waals surface area contributed by atoms with Crippen LogP contribution in [0.25, 0.3) is 0 Å². The van der Waals surface area contributed by atoms with Gasteiger partial charge < -0.3 is 5.11 Å². The largest absolute Gasteiger partial charge is 0.508 e. The number of hydrogen-bond acceptors (Lipinski definition) is 3. The molecular formula is C11H13FN2O. The lowest BCUT2D eigenvalue weighted by Gasteiger charge is -2.15. The van der Waals surface area contributed by atoms with E-state index in [4.69, 9.17) is 5.26 Å². The van der Waals surface area contributed by atoms with Gasteiger partial charge in [0.25, 0.3) is 0 Å². The Bertz CT molecular complexity index is 364. The van der Waals surface area contributed by atoms with Crippen molar-refractivity contribution in [2.75, 3.05) is 0 Å². The summed E-state index contributed by atoms with van der Waals surface area (Å²) in [6.07, 6.45) is 0. The van der Waals surface area contributed by atoms with Crippen molar-refractivity contribution in [3.63, 3.8) is 0 Å². The van der Waals surface area contributed by atoms with Crippen molar-refractivity contribution in [2.45, 2.75) is 25.9 Å². The number of hydrogen-bond donors (Lipinski definition) is 2. The van der Waals surface area contributed by atoms with Crippen LogP contribution in [0.1, 0.15) is 25.5 Å². The maximum atomic E-state index is 13.0. The summed E-state index contributed by atoms with van der Waals surface area (Å²) in [5.74, 6) is -0.716. The summed E-state index contributed by atoms with van der Waals surface area (Å²) in [5, 5.41) is 21.1. The number of benzene rings is 1. The first-order valence-corrected chi connectivity index (χ1v) is 4.68. The molecule has 1 aromatic carbocycles. The fraction of sp³-hybridized carbons (Fsp3) is 0.364. The van der Waals surface area contributed by atoms with Crippen LogP contribution in [-0.2, 0) is 0 Å². The van der Waals surface area contributed by atoms with Crippen LogP contribution in [0.2, 0.25) is 0 Å². The second kappa shape index (κ2) is 4.76. The highest BCUT2D eigenvalue weighted by Gasteiger charge is 2.13. The maximum absolute atomic E-state index is 13.0. The van der Waals surface area contributed by atoms with Crippen LogP contribution < -0.4 is 5.32 Å². The zero-order valence-corrected chi connectivity index (χ0v) is 8.66. The van der Waals surface area contributed by atoms with Crippen LogP contribution >= 0.6 is 0 Å². The summed E-state index contributed by atoms with van der Waals surface area (Å²) in [7, 11) is 0. The van der Waals surface area contributed by atoms with E-state index in [1.54, 1.807) is 0 Å². The van der Waals surface area contributed by atoms with Gasteiger partial charge >= 0.3 is 0 Å². The average Bonchev–Trinajstić information content (AvgIpc) is 2.12. The summed E-state index contributed by atoms with van der Waals surface area (Å²) in [4.78, 5) is 0. The van der Waals surface area contributed by atoms with Gasteiger partial charge in [0.05, 0.1) is 6.07 Å². The minimum absolute atomic E-state index is 0.111. The van der Waals surface area contributed by atoms with E-state index in [9.17, 15) is 9.50 Å². The van der Waals surface area contributed by atoms with Gasteiger partial charge in [-0.1, -0.05) is 0 Å². The zero-order valence-electron chi connectivity index (χ0n) is 8.66. The number of nitrogens with zero attached hydrogens (tertiary/aromatic N) is 1. The Labute approximate surface area is 88.2 Å². The molecule has 0 spiro atoms. The second-order valence-electron chi connectivity index (χ2n) is 3.63. The third-order valence-corrected chi connectivity index (χ3v) is 1.87. The molecule has 0 bridgehead atoms. The quantitative estimate of drug-likeness (QED) is 0.799. The number of phenols is 1. The number of aromatic hydroxyl groups is 1. The standard InChI is InChI=1S/C11H13FN2O/c1-7(2)14-11(6-13)8-3-9(12)5-10(15)4-8/h3-5,7,11,14-15H,1-2H3. The number of halogens is 1. The van der Waals surface area contributed by atoms with E-state index in [1.807, 2.05) is 19.9 Å². The number of nitrogens with one attached hydrogen (secondary N) is 1. The first-order chi connectivity index (χ1) is 7.02. The van der Waals surface area contributed by atoms with Crippen molar-refractivity contribution >= 4 is 0 Å². The molecule has 0 saturated heterocycles. The van der Waals surface area contributed by atoms with Gasteiger partial charge in [-0.25, -0.2) is 4.39 Å². The molecule has 3 nitrogen and oxygen atoms in total. The third kappa shape index (κ3) is 3.22. The third-order valence-electron chi connectivity index (χ3n) is 1.87. The number of phenolic OH excluding ortho intramolecular Hbond substituents is 1. The molecule has 1 aromatic rings. The molecule has 0 radical (unpaired) electrons. The molecule has 15 heavy (non-hydrogen) atoms. The van der Waals surface area contributed by atoms with Crippen molar-refractivity contribution in [3.8, 4) is 11.8 Å². The van der Waals surface area contributed by atoms with Crippen LogP contribution in [-0.4, -0.2) is 11.1 Å². The highest BCUT2D eigenvalue weighted by Crippen LogP contribution is 2.20. The van der Waals surface area contributed by atoms with Crippen molar-refractivity contribution in [1.82, 2.24) is 5.32 Å². The van der Waals surface area contributed by atoms with Crippen LogP contribution in [0.3, 0.4) is 0 Å². The van der Waals surface area contributed by atoms with E-state index in [0.717, 1.165) is 6.07 Å². The van der Waals surface area contributed by atoms with E-state index in [2.05, 4.69) is 5.32 Å². The molecule has 2 N–H and O–H groups in total. The summed E-state index contributed by atoms with van der Waals surface area (Å²) >= 11 is 0. The molecule has 0 aromatic heterocycles. The second-order valence-corrected chi connectivity index (χ2v) is 3.63. The lowest BCUT2D eigenvalue weighted by Crippen LogP contribution is -2.27.